The van der Waals surface area contributed by atoms with Crippen molar-refractivity contribution in [3.8, 4) is 0 Å². The predicted octanol–water partition coefficient (Wildman–Crippen LogP) is 1.97. The Hall–Kier alpha value is -1.99. The summed E-state index contributed by atoms with van der Waals surface area (Å²) in [7, 11) is -3.02. The van der Waals surface area contributed by atoms with Crippen molar-refractivity contribution >= 4 is 21.5 Å². The van der Waals surface area contributed by atoms with Crippen molar-refractivity contribution in [1.29, 1.82) is 0 Å². The third kappa shape index (κ3) is 4.05. The summed E-state index contributed by atoms with van der Waals surface area (Å²) < 4.78 is 22.6. The molecule has 0 fully saturated rings. The lowest BCUT2D eigenvalue weighted by atomic mass is 10.0. The van der Waals surface area contributed by atoms with E-state index < -0.39 is 9.84 Å². The molecule has 7 heteroatoms. The van der Waals surface area contributed by atoms with Crippen LogP contribution < -0.4 is 10.6 Å². The average Bonchev–Trinajstić information content (AvgIpc) is 2.49. The van der Waals surface area contributed by atoms with Crippen molar-refractivity contribution in [3.05, 3.63) is 47.3 Å². The van der Waals surface area contributed by atoms with E-state index in [0.29, 0.717) is 5.95 Å². The SMILES string of the molecule is CC1NCCc2cnc(Nc3ccc(CS(C)(=O)=O)cc3)nc21. The fourth-order valence-electron chi connectivity index (χ4n) is 2.68. The van der Waals surface area contributed by atoms with Gasteiger partial charge in [-0.2, -0.15) is 0 Å². The first-order valence-corrected chi connectivity index (χ1v) is 9.60. The lowest BCUT2D eigenvalue weighted by Crippen LogP contribution is -2.29. The van der Waals surface area contributed by atoms with Gasteiger partial charge in [-0.05, 0) is 43.1 Å². The molecule has 0 spiro atoms. The minimum Gasteiger partial charge on any atom is -0.324 e. The molecule has 1 aliphatic heterocycles. The third-order valence-electron chi connectivity index (χ3n) is 3.79. The number of sulfone groups is 1. The second-order valence-corrected chi connectivity index (χ2v) is 8.06. The molecule has 0 saturated heterocycles. The van der Waals surface area contributed by atoms with E-state index in [1.165, 1.54) is 11.8 Å². The van der Waals surface area contributed by atoms with Crippen LogP contribution in [0.4, 0.5) is 11.6 Å². The first-order valence-electron chi connectivity index (χ1n) is 7.53. The van der Waals surface area contributed by atoms with Gasteiger partial charge in [0.05, 0.1) is 11.4 Å². The number of fused-ring (bicyclic) bond motifs is 1. The van der Waals surface area contributed by atoms with E-state index in [0.717, 1.165) is 29.9 Å². The average molecular weight is 332 g/mol. The largest absolute Gasteiger partial charge is 0.324 e. The molecule has 1 aliphatic rings. The van der Waals surface area contributed by atoms with Gasteiger partial charge in [0.2, 0.25) is 5.95 Å². The number of benzene rings is 1. The molecular formula is C16H20N4O2S. The Balaban J connectivity index is 1.76. The Labute approximate surface area is 136 Å². The molecule has 0 amide bonds. The molecule has 3 rings (SSSR count). The maximum atomic E-state index is 11.3. The highest BCUT2D eigenvalue weighted by Crippen LogP contribution is 2.22. The van der Waals surface area contributed by atoms with E-state index in [-0.39, 0.29) is 11.8 Å². The first kappa shape index (κ1) is 15.9. The van der Waals surface area contributed by atoms with Gasteiger partial charge in [-0.3, -0.25) is 0 Å². The zero-order valence-corrected chi connectivity index (χ0v) is 14.0. The van der Waals surface area contributed by atoms with Crippen LogP contribution in [0.15, 0.2) is 30.5 Å². The van der Waals surface area contributed by atoms with E-state index in [1.54, 1.807) is 12.1 Å². The van der Waals surface area contributed by atoms with E-state index in [2.05, 4.69) is 27.5 Å². The van der Waals surface area contributed by atoms with Crippen molar-refractivity contribution < 1.29 is 8.42 Å². The lowest BCUT2D eigenvalue weighted by Gasteiger charge is -2.22. The smallest absolute Gasteiger partial charge is 0.227 e. The van der Waals surface area contributed by atoms with Crippen molar-refractivity contribution in [1.82, 2.24) is 15.3 Å². The van der Waals surface area contributed by atoms with Crippen molar-refractivity contribution in [2.45, 2.75) is 25.1 Å². The monoisotopic (exact) mass is 332 g/mol. The molecule has 0 bridgehead atoms. The second kappa shape index (κ2) is 6.25. The Morgan fingerprint density at radius 3 is 2.74 bits per heavy atom. The van der Waals surface area contributed by atoms with Crippen LogP contribution in [0.25, 0.3) is 0 Å². The number of hydrogen-bond donors (Lipinski definition) is 2. The van der Waals surface area contributed by atoms with E-state index >= 15 is 0 Å². The maximum absolute atomic E-state index is 11.3. The van der Waals surface area contributed by atoms with Crippen LogP contribution in [0, 0.1) is 0 Å². The molecule has 2 aromatic rings. The Bertz CT molecular complexity index is 803. The highest BCUT2D eigenvalue weighted by atomic mass is 32.2. The Kier molecular flexibility index (Phi) is 4.32. The molecule has 1 atom stereocenters. The van der Waals surface area contributed by atoms with Crippen LogP contribution in [0.3, 0.4) is 0 Å². The Morgan fingerprint density at radius 1 is 1.30 bits per heavy atom. The minimum atomic E-state index is -3.02. The van der Waals surface area contributed by atoms with Crippen molar-refractivity contribution in [3.63, 3.8) is 0 Å². The van der Waals surface area contributed by atoms with Crippen LogP contribution in [0.5, 0.6) is 0 Å². The fourth-order valence-corrected chi connectivity index (χ4v) is 3.48. The highest BCUT2D eigenvalue weighted by molar-refractivity contribution is 7.89. The van der Waals surface area contributed by atoms with Gasteiger partial charge in [-0.1, -0.05) is 12.1 Å². The Morgan fingerprint density at radius 2 is 2.04 bits per heavy atom. The van der Waals surface area contributed by atoms with Gasteiger partial charge in [-0.15, -0.1) is 0 Å². The van der Waals surface area contributed by atoms with Crippen LogP contribution in [-0.2, 0) is 22.0 Å². The number of nitrogens with one attached hydrogen (secondary N) is 2. The second-order valence-electron chi connectivity index (χ2n) is 5.92. The fraction of sp³-hybridized carbons (Fsp3) is 0.375. The standard InChI is InChI=1S/C16H20N4O2S/c1-11-15-13(7-8-17-11)9-18-16(20-15)19-14-5-3-12(4-6-14)10-23(2,21)22/h3-6,9,11,17H,7-8,10H2,1-2H3,(H,18,19,20). The molecule has 0 aliphatic carbocycles. The van der Waals surface area contributed by atoms with Gasteiger partial charge in [0, 0.05) is 24.2 Å². The van der Waals surface area contributed by atoms with Gasteiger partial charge in [0.25, 0.3) is 0 Å². The molecule has 0 radical (unpaired) electrons. The topological polar surface area (TPSA) is 84.0 Å². The minimum absolute atomic E-state index is 0.0474. The van der Waals surface area contributed by atoms with Crippen LogP contribution in [-0.4, -0.2) is 31.2 Å². The van der Waals surface area contributed by atoms with Gasteiger partial charge >= 0.3 is 0 Å². The quantitative estimate of drug-likeness (QED) is 0.890. The normalized spacial score (nSPS) is 17.6. The van der Waals surface area contributed by atoms with E-state index in [4.69, 9.17) is 0 Å². The first-order chi connectivity index (χ1) is 10.9. The summed E-state index contributed by atoms with van der Waals surface area (Å²) in [5, 5.41) is 6.55. The number of aromatic nitrogens is 2. The van der Waals surface area contributed by atoms with E-state index in [1.807, 2.05) is 18.3 Å². The zero-order valence-electron chi connectivity index (χ0n) is 13.2. The summed E-state index contributed by atoms with van der Waals surface area (Å²) in [5.41, 5.74) is 3.81. The summed E-state index contributed by atoms with van der Waals surface area (Å²) in [6.07, 6.45) is 4.05. The number of rotatable bonds is 4. The van der Waals surface area contributed by atoms with Crippen molar-refractivity contribution in [2.24, 2.45) is 0 Å². The summed E-state index contributed by atoms with van der Waals surface area (Å²) in [4.78, 5) is 8.95. The summed E-state index contributed by atoms with van der Waals surface area (Å²) in [5.74, 6) is 0.599. The summed E-state index contributed by atoms with van der Waals surface area (Å²) in [6, 6.07) is 7.49. The summed E-state index contributed by atoms with van der Waals surface area (Å²) in [6.45, 7) is 3.04. The molecule has 6 nitrogen and oxygen atoms in total. The van der Waals surface area contributed by atoms with Crippen molar-refractivity contribution in [2.75, 3.05) is 18.1 Å². The maximum Gasteiger partial charge on any atom is 0.227 e. The summed E-state index contributed by atoms with van der Waals surface area (Å²) >= 11 is 0. The third-order valence-corrected chi connectivity index (χ3v) is 4.65. The van der Waals surface area contributed by atoms with Crippen LogP contribution >= 0.6 is 0 Å². The molecule has 2 heterocycles. The molecule has 23 heavy (non-hydrogen) atoms. The van der Waals surface area contributed by atoms with Gasteiger partial charge < -0.3 is 10.6 Å². The van der Waals surface area contributed by atoms with Crippen LogP contribution in [0.1, 0.15) is 29.8 Å². The molecule has 1 aromatic heterocycles. The zero-order chi connectivity index (χ0) is 16.4. The van der Waals surface area contributed by atoms with Gasteiger partial charge in [-0.25, -0.2) is 18.4 Å². The highest BCUT2D eigenvalue weighted by Gasteiger charge is 2.18. The number of anilines is 2. The lowest BCUT2D eigenvalue weighted by molar-refractivity contribution is 0.524. The van der Waals surface area contributed by atoms with E-state index in [9.17, 15) is 8.42 Å². The molecule has 1 aromatic carbocycles. The molecular weight excluding hydrogens is 312 g/mol. The molecule has 1 unspecified atom stereocenters. The molecule has 122 valence electrons. The molecule has 0 saturated carbocycles. The number of nitrogens with zero attached hydrogens (tertiary/aromatic N) is 2. The predicted molar refractivity (Wildman–Crippen MR) is 90.4 cm³/mol. The van der Waals surface area contributed by atoms with Gasteiger partial charge in [0.15, 0.2) is 9.84 Å². The van der Waals surface area contributed by atoms with Crippen LogP contribution in [0.2, 0.25) is 0 Å². The molecule has 2 N–H and O–H groups in total. The number of hydrogen-bond acceptors (Lipinski definition) is 6. The van der Waals surface area contributed by atoms with Gasteiger partial charge in [0.1, 0.15) is 0 Å².